The lowest BCUT2D eigenvalue weighted by Gasteiger charge is -2.45. The average Bonchev–Trinajstić information content (AvgIpc) is 2.00. The lowest BCUT2D eigenvalue weighted by atomic mass is 9.93. The highest BCUT2D eigenvalue weighted by atomic mass is 16.5. The number of rotatable bonds is 4. The molecule has 0 bridgehead atoms. The number of hydrogen-bond acceptors (Lipinski definition) is 3. The van der Waals surface area contributed by atoms with Crippen LogP contribution >= 0.6 is 0 Å². The van der Waals surface area contributed by atoms with Crippen molar-refractivity contribution in [3.63, 3.8) is 0 Å². The van der Waals surface area contributed by atoms with E-state index in [2.05, 4.69) is 0 Å². The molecule has 1 saturated heterocycles. The van der Waals surface area contributed by atoms with Gasteiger partial charge < -0.3 is 15.4 Å². The Balaban J connectivity index is 2.12. The molecule has 1 fully saturated rings. The van der Waals surface area contributed by atoms with E-state index in [1.54, 1.807) is 4.90 Å². The molecule has 1 heterocycles. The first-order valence-corrected chi connectivity index (χ1v) is 4.69. The maximum atomic E-state index is 11.4. The third-order valence-electron chi connectivity index (χ3n) is 2.12. The van der Waals surface area contributed by atoms with Crippen LogP contribution in [-0.4, -0.2) is 42.6 Å². The molecule has 1 aliphatic rings. The molecule has 0 atom stereocenters. The van der Waals surface area contributed by atoms with E-state index in [1.807, 2.05) is 13.8 Å². The minimum absolute atomic E-state index is 0.149. The SMILES string of the molecule is CCOCCC(=O)N1CC(C)(N)C1. The quantitative estimate of drug-likeness (QED) is 0.627. The zero-order valence-corrected chi connectivity index (χ0v) is 8.38. The molecule has 0 radical (unpaired) electrons. The van der Waals surface area contributed by atoms with Crippen LogP contribution in [0, 0.1) is 0 Å². The second-order valence-electron chi connectivity index (χ2n) is 3.85. The molecule has 1 rings (SSSR count). The molecule has 13 heavy (non-hydrogen) atoms. The number of ether oxygens (including phenoxy) is 1. The van der Waals surface area contributed by atoms with Gasteiger partial charge in [0.05, 0.1) is 13.0 Å². The number of carbonyl (C=O) groups excluding carboxylic acids is 1. The Kier molecular flexibility index (Phi) is 3.27. The monoisotopic (exact) mass is 186 g/mol. The lowest BCUT2D eigenvalue weighted by Crippen LogP contribution is -2.66. The van der Waals surface area contributed by atoms with Crippen LogP contribution in [0.3, 0.4) is 0 Å². The van der Waals surface area contributed by atoms with Gasteiger partial charge in [-0.2, -0.15) is 0 Å². The molecule has 0 aromatic rings. The Hall–Kier alpha value is -0.610. The van der Waals surface area contributed by atoms with E-state index < -0.39 is 0 Å². The topological polar surface area (TPSA) is 55.6 Å². The van der Waals surface area contributed by atoms with Crippen LogP contribution in [0.2, 0.25) is 0 Å². The van der Waals surface area contributed by atoms with Crippen LogP contribution in [0.25, 0.3) is 0 Å². The number of amides is 1. The van der Waals surface area contributed by atoms with E-state index in [9.17, 15) is 4.79 Å². The number of nitrogens with two attached hydrogens (primary N) is 1. The molecule has 0 unspecified atom stereocenters. The van der Waals surface area contributed by atoms with Crippen molar-refractivity contribution < 1.29 is 9.53 Å². The fraction of sp³-hybridized carbons (Fsp3) is 0.889. The maximum Gasteiger partial charge on any atom is 0.225 e. The van der Waals surface area contributed by atoms with Gasteiger partial charge in [-0.3, -0.25) is 4.79 Å². The van der Waals surface area contributed by atoms with Crippen LogP contribution in [-0.2, 0) is 9.53 Å². The average molecular weight is 186 g/mol. The van der Waals surface area contributed by atoms with Gasteiger partial charge in [-0.05, 0) is 13.8 Å². The van der Waals surface area contributed by atoms with Gasteiger partial charge in [0.2, 0.25) is 5.91 Å². The molecule has 1 amide bonds. The van der Waals surface area contributed by atoms with Gasteiger partial charge in [-0.1, -0.05) is 0 Å². The standard InChI is InChI=1S/C9H18N2O2/c1-3-13-5-4-8(12)11-6-9(2,10)7-11/h3-7,10H2,1-2H3. The molecule has 0 saturated carbocycles. The third kappa shape index (κ3) is 2.97. The summed E-state index contributed by atoms with van der Waals surface area (Å²) in [5.41, 5.74) is 5.61. The molecule has 0 spiro atoms. The molecule has 0 aromatic heterocycles. The molecule has 4 heteroatoms. The van der Waals surface area contributed by atoms with Crippen molar-refractivity contribution in [3.05, 3.63) is 0 Å². The second kappa shape index (κ2) is 4.07. The van der Waals surface area contributed by atoms with Gasteiger partial charge in [-0.15, -0.1) is 0 Å². The molecular formula is C9H18N2O2. The summed E-state index contributed by atoms with van der Waals surface area (Å²) in [6, 6.07) is 0. The van der Waals surface area contributed by atoms with Crippen molar-refractivity contribution in [2.75, 3.05) is 26.3 Å². The molecule has 4 nitrogen and oxygen atoms in total. The third-order valence-corrected chi connectivity index (χ3v) is 2.12. The van der Waals surface area contributed by atoms with E-state index in [0.29, 0.717) is 32.7 Å². The fourth-order valence-corrected chi connectivity index (χ4v) is 1.46. The summed E-state index contributed by atoms with van der Waals surface area (Å²) >= 11 is 0. The molecule has 0 aliphatic carbocycles. The molecule has 0 aromatic carbocycles. The highest BCUT2D eigenvalue weighted by molar-refractivity contribution is 5.77. The normalized spacial score (nSPS) is 19.8. The summed E-state index contributed by atoms with van der Waals surface area (Å²) < 4.78 is 5.10. The van der Waals surface area contributed by atoms with Crippen molar-refractivity contribution in [1.82, 2.24) is 4.90 Å². The molecule has 1 aliphatic heterocycles. The lowest BCUT2D eigenvalue weighted by molar-refractivity contribution is -0.139. The highest BCUT2D eigenvalue weighted by Crippen LogP contribution is 2.17. The van der Waals surface area contributed by atoms with Crippen LogP contribution in [0.15, 0.2) is 0 Å². The zero-order valence-electron chi connectivity index (χ0n) is 8.38. The van der Waals surface area contributed by atoms with Crippen LogP contribution < -0.4 is 5.73 Å². The summed E-state index contributed by atoms with van der Waals surface area (Å²) in [7, 11) is 0. The Labute approximate surface area is 79.0 Å². The van der Waals surface area contributed by atoms with Crippen LogP contribution in [0.1, 0.15) is 20.3 Å². The van der Waals surface area contributed by atoms with Crippen molar-refractivity contribution in [2.45, 2.75) is 25.8 Å². The molecule has 76 valence electrons. The van der Waals surface area contributed by atoms with Crippen LogP contribution in [0.4, 0.5) is 0 Å². The highest BCUT2D eigenvalue weighted by Gasteiger charge is 2.37. The van der Waals surface area contributed by atoms with Crippen molar-refractivity contribution in [2.24, 2.45) is 5.73 Å². The summed E-state index contributed by atoms with van der Waals surface area (Å²) in [6.07, 6.45) is 0.476. The molecular weight excluding hydrogens is 168 g/mol. The van der Waals surface area contributed by atoms with Gasteiger partial charge >= 0.3 is 0 Å². The smallest absolute Gasteiger partial charge is 0.225 e. The number of hydrogen-bond donors (Lipinski definition) is 1. The van der Waals surface area contributed by atoms with Gasteiger partial charge in [0.1, 0.15) is 0 Å². The summed E-state index contributed by atoms with van der Waals surface area (Å²) in [6.45, 7) is 6.43. The Bertz CT molecular complexity index is 184. The Morgan fingerprint density at radius 2 is 2.23 bits per heavy atom. The zero-order chi connectivity index (χ0) is 9.90. The van der Waals surface area contributed by atoms with Gasteiger partial charge in [-0.25, -0.2) is 0 Å². The van der Waals surface area contributed by atoms with Gasteiger partial charge in [0.15, 0.2) is 0 Å². The minimum atomic E-state index is -0.165. The number of nitrogens with zero attached hydrogens (tertiary/aromatic N) is 1. The van der Waals surface area contributed by atoms with Crippen molar-refractivity contribution in [3.8, 4) is 0 Å². The van der Waals surface area contributed by atoms with Crippen molar-refractivity contribution in [1.29, 1.82) is 0 Å². The first-order valence-electron chi connectivity index (χ1n) is 4.69. The fourth-order valence-electron chi connectivity index (χ4n) is 1.46. The summed E-state index contributed by atoms with van der Waals surface area (Å²) in [5.74, 6) is 0.149. The number of carbonyl (C=O) groups is 1. The summed E-state index contributed by atoms with van der Waals surface area (Å²) in [5, 5.41) is 0. The largest absolute Gasteiger partial charge is 0.381 e. The van der Waals surface area contributed by atoms with Gasteiger partial charge in [0, 0.05) is 25.2 Å². The van der Waals surface area contributed by atoms with E-state index in [4.69, 9.17) is 10.5 Å². The summed E-state index contributed by atoms with van der Waals surface area (Å²) in [4.78, 5) is 13.2. The minimum Gasteiger partial charge on any atom is -0.381 e. The predicted molar refractivity (Wildman–Crippen MR) is 50.3 cm³/mol. The Morgan fingerprint density at radius 3 is 2.69 bits per heavy atom. The first kappa shape index (κ1) is 10.5. The van der Waals surface area contributed by atoms with E-state index >= 15 is 0 Å². The first-order chi connectivity index (χ1) is 6.05. The van der Waals surface area contributed by atoms with E-state index in [1.165, 1.54) is 0 Å². The second-order valence-corrected chi connectivity index (χ2v) is 3.85. The van der Waals surface area contributed by atoms with E-state index in [-0.39, 0.29) is 11.4 Å². The van der Waals surface area contributed by atoms with Crippen molar-refractivity contribution >= 4 is 5.91 Å². The van der Waals surface area contributed by atoms with Gasteiger partial charge in [0.25, 0.3) is 0 Å². The Morgan fingerprint density at radius 1 is 1.62 bits per heavy atom. The number of likely N-dealkylation sites (tertiary alicyclic amines) is 1. The van der Waals surface area contributed by atoms with Crippen LogP contribution in [0.5, 0.6) is 0 Å². The van der Waals surface area contributed by atoms with E-state index in [0.717, 1.165) is 0 Å². The molecule has 2 N–H and O–H groups in total. The maximum absolute atomic E-state index is 11.4. The predicted octanol–water partition coefficient (Wildman–Crippen LogP) is -0.0274.